The summed E-state index contributed by atoms with van der Waals surface area (Å²) in [5, 5.41) is 0. The van der Waals surface area contributed by atoms with E-state index < -0.39 is 9.05 Å². The van der Waals surface area contributed by atoms with Crippen LogP contribution < -0.4 is 4.74 Å². The lowest BCUT2D eigenvalue weighted by molar-refractivity contribution is 0.405. The monoisotopic (exact) mass is 274 g/mol. The molecule has 0 saturated heterocycles. The van der Waals surface area contributed by atoms with Crippen molar-refractivity contribution < 1.29 is 13.2 Å². The first-order valence-corrected chi connectivity index (χ1v) is 7.96. The van der Waals surface area contributed by atoms with Gasteiger partial charge < -0.3 is 4.74 Å². The average Bonchev–Trinajstić information content (AvgIpc) is 2.80. The van der Waals surface area contributed by atoms with Crippen LogP contribution in [0.4, 0.5) is 0 Å². The Labute approximate surface area is 106 Å². The highest BCUT2D eigenvalue weighted by atomic mass is 35.7. The van der Waals surface area contributed by atoms with Crippen molar-refractivity contribution in [2.24, 2.45) is 0 Å². The highest BCUT2D eigenvalue weighted by Gasteiger charge is 2.22. The van der Waals surface area contributed by atoms with Crippen LogP contribution in [0, 0.1) is 0 Å². The summed E-state index contributed by atoms with van der Waals surface area (Å²) < 4.78 is 27.9. The zero-order valence-corrected chi connectivity index (χ0v) is 11.2. The number of hydrogen-bond acceptors (Lipinski definition) is 3. The fourth-order valence-corrected chi connectivity index (χ4v) is 3.21. The van der Waals surface area contributed by atoms with Crippen LogP contribution in [0.5, 0.6) is 5.75 Å². The van der Waals surface area contributed by atoms with E-state index in [2.05, 4.69) is 0 Å². The maximum absolute atomic E-state index is 11.3. The number of ether oxygens (including phenoxy) is 1. The fourth-order valence-electron chi connectivity index (χ4n) is 2.42. The summed E-state index contributed by atoms with van der Waals surface area (Å²) in [7, 11) is 3.30. The Bertz CT molecular complexity index is 504. The van der Waals surface area contributed by atoms with Crippen molar-refractivity contribution in [1.82, 2.24) is 0 Å². The largest absolute Gasteiger partial charge is 0.496 e. The van der Waals surface area contributed by atoms with Crippen molar-refractivity contribution in [2.75, 3.05) is 7.11 Å². The molecule has 0 atom stereocenters. The Morgan fingerprint density at radius 1 is 1.29 bits per heavy atom. The summed E-state index contributed by atoms with van der Waals surface area (Å²) in [6.07, 6.45) is 4.54. The van der Waals surface area contributed by atoms with E-state index >= 15 is 0 Å². The summed E-state index contributed by atoms with van der Waals surface area (Å²) in [4.78, 5) is 0.155. The number of benzene rings is 1. The molecule has 0 unspecified atom stereocenters. The third kappa shape index (κ3) is 2.75. The molecular weight excluding hydrogens is 260 g/mol. The molecule has 5 heteroatoms. The third-order valence-corrected chi connectivity index (χ3v) is 4.63. The minimum atomic E-state index is -3.66. The van der Waals surface area contributed by atoms with Gasteiger partial charge in [-0.15, -0.1) is 0 Å². The van der Waals surface area contributed by atoms with Crippen LogP contribution in [0.3, 0.4) is 0 Å². The Morgan fingerprint density at radius 2 is 1.94 bits per heavy atom. The number of rotatable bonds is 3. The molecule has 0 bridgehead atoms. The van der Waals surface area contributed by atoms with Crippen LogP contribution in [-0.4, -0.2) is 15.5 Å². The zero-order valence-electron chi connectivity index (χ0n) is 9.65. The fraction of sp³-hybridized carbons (Fsp3) is 0.500. The molecule has 0 spiro atoms. The van der Waals surface area contributed by atoms with Crippen LogP contribution in [-0.2, 0) is 9.05 Å². The van der Waals surface area contributed by atoms with Crippen molar-refractivity contribution in [3.8, 4) is 5.75 Å². The SMILES string of the molecule is COc1ccc(S(=O)(=O)Cl)cc1C1CCCC1. The molecule has 1 aliphatic carbocycles. The van der Waals surface area contributed by atoms with E-state index in [1.165, 1.54) is 18.9 Å². The van der Waals surface area contributed by atoms with Gasteiger partial charge in [0.05, 0.1) is 12.0 Å². The summed E-state index contributed by atoms with van der Waals surface area (Å²) in [5.74, 6) is 1.14. The van der Waals surface area contributed by atoms with Crippen LogP contribution in [0.2, 0.25) is 0 Å². The maximum atomic E-state index is 11.3. The first-order chi connectivity index (χ1) is 8.02. The van der Waals surface area contributed by atoms with Gasteiger partial charge in [-0.25, -0.2) is 8.42 Å². The molecular formula is C12H15ClO3S. The van der Waals surface area contributed by atoms with Gasteiger partial charge in [-0.2, -0.15) is 0 Å². The topological polar surface area (TPSA) is 43.4 Å². The van der Waals surface area contributed by atoms with E-state index in [1.807, 2.05) is 0 Å². The van der Waals surface area contributed by atoms with Gasteiger partial charge >= 0.3 is 0 Å². The molecule has 1 aliphatic rings. The van der Waals surface area contributed by atoms with Crippen molar-refractivity contribution in [1.29, 1.82) is 0 Å². The van der Waals surface area contributed by atoms with Crippen molar-refractivity contribution >= 4 is 19.7 Å². The van der Waals surface area contributed by atoms with E-state index in [4.69, 9.17) is 15.4 Å². The molecule has 0 aliphatic heterocycles. The number of methoxy groups -OCH3 is 1. The van der Waals surface area contributed by atoms with Crippen molar-refractivity contribution in [3.63, 3.8) is 0 Å². The van der Waals surface area contributed by atoms with E-state index in [9.17, 15) is 8.42 Å². The summed E-state index contributed by atoms with van der Waals surface area (Å²) >= 11 is 0. The minimum absolute atomic E-state index is 0.155. The second kappa shape index (κ2) is 4.86. The molecule has 94 valence electrons. The van der Waals surface area contributed by atoms with Gasteiger partial charge in [0, 0.05) is 10.7 Å². The highest BCUT2D eigenvalue weighted by Crippen LogP contribution is 2.39. The van der Waals surface area contributed by atoms with Crippen LogP contribution >= 0.6 is 10.7 Å². The molecule has 2 rings (SSSR count). The number of halogens is 1. The molecule has 1 fully saturated rings. The molecule has 0 N–H and O–H groups in total. The van der Waals surface area contributed by atoms with Gasteiger partial charge in [0.1, 0.15) is 5.75 Å². The second-order valence-corrected chi connectivity index (χ2v) is 6.89. The first kappa shape index (κ1) is 12.7. The van der Waals surface area contributed by atoms with Crippen LogP contribution in [0.15, 0.2) is 23.1 Å². The van der Waals surface area contributed by atoms with Crippen molar-refractivity contribution in [3.05, 3.63) is 23.8 Å². The molecule has 17 heavy (non-hydrogen) atoms. The second-order valence-electron chi connectivity index (χ2n) is 4.32. The molecule has 0 amide bonds. The predicted octanol–water partition coefficient (Wildman–Crippen LogP) is 3.28. The lowest BCUT2D eigenvalue weighted by Gasteiger charge is -2.15. The molecule has 1 saturated carbocycles. The van der Waals surface area contributed by atoms with Gasteiger partial charge in [-0.3, -0.25) is 0 Å². The Morgan fingerprint density at radius 3 is 2.47 bits per heavy atom. The zero-order chi connectivity index (χ0) is 12.5. The normalized spacial score (nSPS) is 17.3. The minimum Gasteiger partial charge on any atom is -0.496 e. The molecule has 1 aromatic carbocycles. The van der Waals surface area contributed by atoms with E-state index in [-0.39, 0.29) is 4.90 Å². The molecule has 3 nitrogen and oxygen atoms in total. The van der Waals surface area contributed by atoms with Gasteiger partial charge in [0.2, 0.25) is 0 Å². The predicted molar refractivity (Wildman–Crippen MR) is 67.2 cm³/mol. The first-order valence-electron chi connectivity index (χ1n) is 5.65. The number of hydrogen-bond donors (Lipinski definition) is 0. The summed E-state index contributed by atoms with van der Waals surface area (Å²) in [6, 6.07) is 4.82. The quantitative estimate of drug-likeness (QED) is 0.795. The van der Waals surface area contributed by atoms with E-state index in [0.717, 1.165) is 24.2 Å². The van der Waals surface area contributed by atoms with Crippen molar-refractivity contribution in [2.45, 2.75) is 36.5 Å². The van der Waals surface area contributed by atoms with E-state index in [1.54, 1.807) is 19.2 Å². The molecule has 0 heterocycles. The lowest BCUT2D eigenvalue weighted by atomic mass is 9.97. The Balaban J connectivity index is 2.46. The smallest absolute Gasteiger partial charge is 0.261 e. The van der Waals surface area contributed by atoms with Gasteiger partial charge in [-0.05, 0) is 42.5 Å². The molecule has 0 radical (unpaired) electrons. The van der Waals surface area contributed by atoms with Gasteiger partial charge in [0.15, 0.2) is 0 Å². The standard InChI is InChI=1S/C12H15ClO3S/c1-16-12-7-6-10(17(13,14)15)8-11(12)9-4-2-3-5-9/h6-9H,2-5H2,1H3. The highest BCUT2D eigenvalue weighted by molar-refractivity contribution is 8.13. The summed E-state index contributed by atoms with van der Waals surface area (Å²) in [6.45, 7) is 0. The van der Waals surface area contributed by atoms with Crippen LogP contribution in [0.25, 0.3) is 0 Å². The lowest BCUT2D eigenvalue weighted by Crippen LogP contribution is -2.00. The molecule has 1 aromatic rings. The maximum Gasteiger partial charge on any atom is 0.261 e. The van der Waals surface area contributed by atoms with E-state index in [0.29, 0.717) is 5.92 Å². The summed E-state index contributed by atoms with van der Waals surface area (Å²) in [5.41, 5.74) is 0.965. The third-order valence-electron chi connectivity index (χ3n) is 3.28. The van der Waals surface area contributed by atoms with Gasteiger partial charge in [0.25, 0.3) is 9.05 Å². The van der Waals surface area contributed by atoms with Gasteiger partial charge in [-0.1, -0.05) is 12.8 Å². The van der Waals surface area contributed by atoms with Crippen LogP contribution in [0.1, 0.15) is 37.2 Å². The molecule has 0 aromatic heterocycles. The Kier molecular flexibility index (Phi) is 3.64. The Hall–Kier alpha value is -0.740. The average molecular weight is 275 g/mol.